The average Bonchev–Trinajstić information content (AvgIpc) is 2.41. The van der Waals surface area contributed by atoms with Gasteiger partial charge in [0.2, 0.25) is 0 Å². The van der Waals surface area contributed by atoms with E-state index >= 15 is 0 Å². The van der Waals surface area contributed by atoms with Gasteiger partial charge in [-0.1, -0.05) is 31.9 Å². The number of hydrogen-bond donors (Lipinski definition) is 1. The summed E-state index contributed by atoms with van der Waals surface area (Å²) < 4.78 is 4.79. The average molecular weight is 277 g/mol. The number of allylic oxidation sites excluding steroid dienone is 1. The molecule has 0 aliphatic rings. The van der Waals surface area contributed by atoms with E-state index in [0.29, 0.717) is 5.57 Å². The first-order valence-corrected chi connectivity index (χ1v) is 5.93. The maximum Gasteiger partial charge on any atom is 0.334 e. The van der Waals surface area contributed by atoms with Crippen molar-refractivity contribution in [3.63, 3.8) is 0 Å². The van der Waals surface area contributed by atoms with Crippen LogP contribution in [0.5, 0.6) is 0 Å². The number of esters is 1. The van der Waals surface area contributed by atoms with Crippen LogP contribution in [0.15, 0.2) is 48.6 Å². The Hall–Kier alpha value is -2.43. The van der Waals surface area contributed by atoms with Crippen LogP contribution in [0.2, 0.25) is 0 Å². The van der Waals surface area contributed by atoms with E-state index in [-0.39, 0.29) is 24.2 Å². The lowest BCUT2D eigenvalue weighted by atomic mass is 10.1. The molecule has 0 aliphatic carbocycles. The van der Waals surface area contributed by atoms with E-state index in [1.165, 1.54) is 26.0 Å². The maximum atomic E-state index is 11.6. The van der Waals surface area contributed by atoms with E-state index in [4.69, 9.17) is 4.74 Å². The molecule has 0 fully saturated rings. The Bertz CT molecular complexity index is 486. The van der Waals surface area contributed by atoms with E-state index in [0.717, 1.165) is 0 Å². The van der Waals surface area contributed by atoms with E-state index in [1.807, 2.05) is 0 Å². The quantitative estimate of drug-likeness (QED) is 0.438. The van der Waals surface area contributed by atoms with Crippen LogP contribution in [0.25, 0.3) is 0 Å². The molecule has 0 aromatic heterocycles. The molecule has 108 valence electrons. The molecular weight excluding hydrogens is 258 g/mol. The normalized spacial score (nSPS) is 10.4. The van der Waals surface area contributed by atoms with Crippen LogP contribution in [-0.2, 0) is 19.1 Å². The Labute approximate surface area is 118 Å². The van der Waals surface area contributed by atoms with E-state index in [2.05, 4.69) is 25.1 Å². The van der Waals surface area contributed by atoms with E-state index in [1.54, 1.807) is 0 Å². The molecule has 0 saturated heterocycles. The summed E-state index contributed by atoms with van der Waals surface area (Å²) in [7, 11) is 0. The van der Waals surface area contributed by atoms with Crippen molar-refractivity contribution >= 4 is 17.8 Å². The van der Waals surface area contributed by atoms with Crippen LogP contribution >= 0.6 is 0 Å². The molecule has 0 bridgehead atoms. The first kappa shape index (κ1) is 17.6. The summed E-state index contributed by atoms with van der Waals surface area (Å²) in [6.45, 7) is 13.5. The molecule has 0 saturated carbocycles. The first-order valence-electron chi connectivity index (χ1n) is 5.93. The van der Waals surface area contributed by atoms with Crippen molar-refractivity contribution in [2.45, 2.75) is 20.3 Å². The van der Waals surface area contributed by atoms with Crippen molar-refractivity contribution < 1.29 is 19.1 Å². The highest BCUT2D eigenvalue weighted by molar-refractivity contribution is 6.09. The van der Waals surface area contributed by atoms with Crippen molar-refractivity contribution in [2.75, 3.05) is 6.61 Å². The molecule has 5 nitrogen and oxygen atoms in total. The smallest absolute Gasteiger partial charge is 0.334 e. The molecule has 20 heavy (non-hydrogen) atoms. The Morgan fingerprint density at radius 3 is 2.25 bits per heavy atom. The van der Waals surface area contributed by atoms with Gasteiger partial charge >= 0.3 is 5.97 Å². The van der Waals surface area contributed by atoms with Gasteiger partial charge in [0, 0.05) is 16.7 Å². The lowest BCUT2D eigenvalue weighted by Crippen LogP contribution is -2.31. The zero-order chi connectivity index (χ0) is 15.7. The minimum absolute atomic E-state index is 0.105. The number of carbonyl (C=O) groups excluding carboxylic acids is 3. The minimum Gasteiger partial charge on any atom is -0.458 e. The number of carbonyl (C=O) groups is 3. The maximum absolute atomic E-state index is 11.6. The lowest BCUT2D eigenvalue weighted by Gasteiger charge is -2.05. The highest BCUT2D eigenvalue weighted by Gasteiger charge is 2.11. The van der Waals surface area contributed by atoms with Gasteiger partial charge in [-0.25, -0.2) is 4.79 Å². The molecule has 0 rings (SSSR count). The summed E-state index contributed by atoms with van der Waals surface area (Å²) in [5.74, 6) is -1.62. The fourth-order valence-corrected chi connectivity index (χ4v) is 0.997. The number of nitrogens with one attached hydrogen (secondary N) is 1. The summed E-state index contributed by atoms with van der Waals surface area (Å²) in [5.41, 5.74) is 0.756. The predicted octanol–water partition coefficient (Wildman–Crippen LogP) is 1.83. The molecule has 0 unspecified atom stereocenters. The predicted molar refractivity (Wildman–Crippen MR) is 76.6 cm³/mol. The van der Waals surface area contributed by atoms with Gasteiger partial charge in [-0.05, 0) is 20.3 Å². The molecule has 2 amide bonds. The second-order valence-electron chi connectivity index (χ2n) is 4.15. The van der Waals surface area contributed by atoms with Crippen LogP contribution in [-0.4, -0.2) is 24.4 Å². The highest BCUT2D eigenvalue weighted by atomic mass is 16.5. The van der Waals surface area contributed by atoms with Gasteiger partial charge in [-0.15, -0.1) is 0 Å². The van der Waals surface area contributed by atoms with E-state index in [9.17, 15) is 14.4 Å². The Kier molecular flexibility index (Phi) is 7.58. The van der Waals surface area contributed by atoms with Gasteiger partial charge in [0.1, 0.15) is 6.61 Å². The van der Waals surface area contributed by atoms with Crippen molar-refractivity contribution in [1.29, 1.82) is 0 Å². The molecule has 0 atom stereocenters. The molecule has 0 aliphatic heterocycles. The lowest BCUT2D eigenvalue weighted by molar-refractivity contribution is -0.138. The summed E-state index contributed by atoms with van der Waals surface area (Å²) in [6.07, 6.45) is 3.11. The third-order valence-electron chi connectivity index (χ3n) is 2.25. The SMILES string of the molecule is C=CCOC(=O)C(=C)CC=C(C)C(=O)NC(=O)C(=C)C. The molecule has 0 aromatic carbocycles. The molecule has 0 spiro atoms. The number of rotatable bonds is 7. The van der Waals surface area contributed by atoms with Crippen LogP contribution < -0.4 is 5.32 Å². The highest BCUT2D eigenvalue weighted by Crippen LogP contribution is 2.06. The molecule has 1 N–H and O–H groups in total. The van der Waals surface area contributed by atoms with Gasteiger partial charge in [0.15, 0.2) is 0 Å². The Balaban J connectivity index is 4.44. The number of imide groups is 1. The largest absolute Gasteiger partial charge is 0.458 e. The second-order valence-corrected chi connectivity index (χ2v) is 4.15. The van der Waals surface area contributed by atoms with Gasteiger partial charge < -0.3 is 4.74 Å². The minimum atomic E-state index is -0.549. The fourth-order valence-electron chi connectivity index (χ4n) is 0.997. The summed E-state index contributed by atoms with van der Waals surface area (Å²) in [5, 5.41) is 2.16. The first-order chi connectivity index (χ1) is 9.29. The van der Waals surface area contributed by atoms with Gasteiger partial charge in [-0.3, -0.25) is 14.9 Å². The molecule has 0 heterocycles. The van der Waals surface area contributed by atoms with Crippen LogP contribution in [0.4, 0.5) is 0 Å². The molecular formula is C15H19NO4. The molecule has 0 aromatic rings. The van der Waals surface area contributed by atoms with Gasteiger partial charge in [-0.2, -0.15) is 0 Å². The Morgan fingerprint density at radius 2 is 1.75 bits per heavy atom. The van der Waals surface area contributed by atoms with Crippen molar-refractivity contribution in [3.8, 4) is 0 Å². The van der Waals surface area contributed by atoms with Gasteiger partial charge in [0.05, 0.1) is 0 Å². The summed E-state index contributed by atoms with van der Waals surface area (Å²) in [6, 6.07) is 0. The number of ether oxygens (including phenoxy) is 1. The fraction of sp³-hybridized carbons (Fsp3) is 0.267. The van der Waals surface area contributed by atoms with Crippen molar-refractivity contribution in [1.82, 2.24) is 5.32 Å². The van der Waals surface area contributed by atoms with Crippen LogP contribution in [0, 0.1) is 0 Å². The molecule has 0 radical (unpaired) electrons. The summed E-state index contributed by atoms with van der Waals surface area (Å²) >= 11 is 0. The van der Waals surface area contributed by atoms with Crippen molar-refractivity contribution in [2.24, 2.45) is 0 Å². The van der Waals surface area contributed by atoms with E-state index < -0.39 is 17.8 Å². The Morgan fingerprint density at radius 1 is 1.15 bits per heavy atom. The standard InChI is InChI=1S/C15H19NO4/c1-6-9-20-15(19)12(5)8-7-11(4)14(18)16-13(17)10(2)3/h6-7H,1-2,5,8-9H2,3-4H3,(H,16,17,18). The zero-order valence-electron chi connectivity index (χ0n) is 11.8. The van der Waals surface area contributed by atoms with Crippen molar-refractivity contribution in [3.05, 3.63) is 48.6 Å². The molecule has 5 heteroatoms. The number of amides is 2. The van der Waals surface area contributed by atoms with Gasteiger partial charge in [0.25, 0.3) is 11.8 Å². The summed E-state index contributed by atoms with van der Waals surface area (Å²) in [4.78, 5) is 34.3. The topological polar surface area (TPSA) is 72.5 Å². The monoisotopic (exact) mass is 277 g/mol. The van der Waals surface area contributed by atoms with Crippen LogP contribution in [0.3, 0.4) is 0 Å². The number of hydrogen-bond acceptors (Lipinski definition) is 4. The second kappa shape index (κ2) is 8.63. The third-order valence-corrected chi connectivity index (χ3v) is 2.25. The van der Waals surface area contributed by atoms with Crippen LogP contribution in [0.1, 0.15) is 20.3 Å². The zero-order valence-corrected chi connectivity index (χ0v) is 11.8. The third kappa shape index (κ3) is 6.49.